The molecular formula is C30H33F2NO3. The summed E-state index contributed by atoms with van der Waals surface area (Å²) < 4.78 is 33.5. The van der Waals surface area contributed by atoms with Crippen LogP contribution in [0.5, 0.6) is 0 Å². The first-order valence-corrected chi connectivity index (χ1v) is 12.3. The summed E-state index contributed by atoms with van der Waals surface area (Å²) in [5, 5.41) is 10.2. The second-order valence-corrected chi connectivity index (χ2v) is 10.6. The van der Waals surface area contributed by atoms with E-state index in [9.17, 15) is 18.7 Å². The number of hydrogen-bond donors (Lipinski definition) is 1. The Morgan fingerprint density at radius 1 is 1.06 bits per heavy atom. The number of aryl methyl sites for hydroxylation is 2. The lowest BCUT2D eigenvalue weighted by Crippen LogP contribution is -2.31. The van der Waals surface area contributed by atoms with Gasteiger partial charge in [0, 0.05) is 24.3 Å². The lowest BCUT2D eigenvalue weighted by Gasteiger charge is -2.36. The maximum absolute atomic E-state index is 13.9. The van der Waals surface area contributed by atoms with Crippen LogP contribution in [0.1, 0.15) is 61.1 Å². The Bertz CT molecular complexity index is 1280. The summed E-state index contributed by atoms with van der Waals surface area (Å²) in [5.74, 6) is -2.76. The molecule has 1 unspecified atom stereocenters. The number of halogens is 2. The Morgan fingerprint density at radius 3 is 2.36 bits per heavy atom. The van der Waals surface area contributed by atoms with Crippen molar-refractivity contribution in [3.05, 3.63) is 88.0 Å². The Kier molecular flexibility index (Phi) is 7.19. The number of aliphatic carboxylic acids is 1. The van der Waals surface area contributed by atoms with Gasteiger partial charge in [-0.15, -0.1) is 0 Å². The molecule has 1 aliphatic heterocycles. The Morgan fingerprint density at radius 2 is 1.75 bits per heavy atom. The summed E-state index contributed by atoms with van der Waals surface area (Å²) >= 11 is 0. The molecule has 3 aromatic carbocycles. The number of ether oxygens (including phenoxy) is 1. The van der Waals surface area contributed by atoms with Gasteiger partial charge in [0.2, 0.25) is 0 Å². The highest BCUT2D eigenvalue weighted by molar-refractivity contribution is 5.86. The van der Waals surface area contributed by atoms with Crippen LogP contribution in [0.25, 0.3) is 11.1 Å². The zero-order chi connectivity index (χ0) is 26.2. The highest BCUT2D eigenvalue weighted by Crippen LogP contribution is 2.44. The number of rotatable bonds is 6. The second-order valence-electron chi connectivity index (χ2n) is 10.6. The first-order chi connectivity index (χ1) is 16.9. The van der Waals surface area contributed by atoms with Crippen LogP contribution in [0.3, 0.4) is 0 Å². The summed E-state index contributed by atoms with van der Waals surface area (Å²) in [4.78, 5) is 14.7. The minimum atomic E-state index is -1.13. The van der Waals surface area contributed by atoms with Gasteiger partial charge < -0.3 is 14.7 Å². The quantitative estimate of drug-likeness (QED) is 0.396. The number of carboxylic acids is 1. The van der Waals surface area contributed by atoms with E-state index in [1.54, 1.807) is 6.07 Å². The van der Waals surface area contributed by atoms with Crippen molar-refractivity contribution in [2.45, 2.75) is 65.7 Å². The molecule has 4 rings (SSSR count). The molecule has 0 radical (unpaired) electrons. The minimum absolute atomic E-state index is 0.428. The van der Waals surface area contributed by atoms with Crippen molar-refractivity contribution in [1.29, 1.82) is 0 Å². The number of fused-ring (bicyclic) bond motifs is 1. The summed E-state index contributed by atoms with van der Waals surface area (Å²) in [5.41, 5.74) is 6.48. The summed E-state index contributed by atoms with van der Waals surface area (Å²) in [7, 11) is 0. The third kappa shape index (κ3) is 5.44. The summed E-state index contributed by atoms with van der Waals surface area (Å²) in [6.45, 7) is 10.7. The van der Waals surface area contributed by atoms with Gasteiger partial charge in [0.25, 0.3) is 0 Å². The van der Waals surface area contributed by atoms with E-state index >= 15 is 0 Å². The molecule has 0 fully saturated rings. The normalized spacial score (nSPS) is 14.5. The van der Waals surface area contributed by atoms with Gasteiger partial charge in [0.05, 0.1) is 5.60 Å². The SMILES string of the molecule is Cc1ccc(-c2c3c(cc(C)c2C(OC(C)(C)C)C(=O)O)N(Cc2ccc(F)c(F)c2)CCC3)cc1. The molecule has 0 spiro atoms. The lowest BCUT2D eigenvalue weighted by atomic mass is 9.83. The molecule has 1 atom stereocenters. The maximum Gasteiger partial charge on any atom is 0.337 e. The Labute approximate surface area is 211 Å². The molecule has 0 amide bonds. The van der Waals surface area contributed by atoms with Gasteiger partial charge >= 0.3 is 5.97 Å². The van der Waals surface area contributed by atoms with Crippen LogP contribution in [0.4, 0.5) is 14.5 Å². The zero-order valence-corrected chi connectivity index (χ0v) is 21.5. The molecule has 0 aliphatic carbocycles. The molecule has 1 aliphatic rings. The molecule has 1 heterocycles. The van der Waals surface area contributed by atoms with Crippen LogP contribution in [0.15, 0.2) is 48.5 Å². The smallest absolute Gasteiger partial charge is 0.337 e. The van der Waals surface area contributed by atoms with Gasteiger partial charge in [-0.25, -0.2) is 13.6 Å². The maximum atomic E-state index is 13.9. The van der Waals surface area contributed by atoms with Gasteiger partial charge in [0.15, 0.2) is 17.7 Å². The van der Waals surface area contributed by atoms with Gasteiger partial charge in [0.1, 0.15) is 0 Å². The van der Waals surface area contributed by atoms with Gasteiger partial charge in [-0.1, -0.05) is 35.9 Å². The highest BCUT2D eigenvalue weighted by atomic mass is 19.2. The fourth-order valence-electron chi connectivity index (χ4n) is 4.96. The summed E-state index contributed by atoms with van der Waals surface area (Å²) in [6, 6.07) is 14.1. The fourth-order valence-corrected chi connectivity index (χ4v) is 4.96. The average molecular weight is 494 g/mol. The molecule has 1 N–H and O–H groups in total. The molecule has 3 aromatic rings. The van der Waals surface area contributed by atoms with E-state index in [4.69, 9.17) is 4.74 Å². The number of carboxylic acid groups (broad SMARTS) is 1. The third-order valence-electron chi connectivity index (χ3n) is 6.51. The third-order valence-corrected chi connectivity index (χ3v) is 6.51. The van der Waals surface area contributed by atoms with Crippen molar-refractivity contribution >= 4 is 11.7 Å². The minimum Gasteiger partial charge on any atom is -0.479 e. The zero-order valence-electron chi connectivity index (χ0n) is 21.5. The molecule has 0 saturated carbocycles. The lowest BCUT2D eigenvalue weighted by molar-refractivity contribution is -0.160. The molecule has 0 saturated heterocycles. The van der Waals surface area contributed by atoms with Gasteiger partial charge in [-0.2, -0.15) is 0 Å². The predicted octanol–water partition coefficient (Wildman–Crippen LogP) is 7.14. The van der Waals surface area contributed by atoms with Crippen molar-refractivity contribution in [3.8, 4) is 11.1 Å². The predicted molar refractivity (Wildman–Crippen MR) is 138 cm³/mol. The fraction of sp³-hybridized carbons (Fsp3) is 0.367. The average Bonchev–Trinajstić information content (AvgIpc) is 2.80. The topological polar surface area (TPSA) is 49.8 Å². The number of hydrogen-bond acceptors (Lipinski definition) is 3. The molecule has 190 valence electrons. The van der Waals surface area contributed by atoms with Crippen LogP contribution in [-0.2, 0) is 22.5 Å². The van der Waals surface area contributed by atoms with E-state index in [1.807, 2.05) is 65.0 Å². The van der Waals surface area contributed by atoms with E-state index in [0.29, 0.717) is 17.7 Å². The molecule has 0 bridgehead atoms. The molecule has 0 aromatic heterocycles. The highest BCUT2D eigenvalue weighted by Gasteiger charge is 2.34. The van der Waals surface area contributed by atoms with Crippen molar-refractivity contribution in [3.63, 3.8) is 0 Å². The molecular weight excluding hydrogens is 460 g/mol. The van der Waals surface area contributed by atoms with Crippen molar-refractivity contribution in [2.75, 3.05) is 11.4 Å². The van der Waals surface area contributed by atoms with Crippen LogP contribution >= 0.6 is 0 Å². The second kappa shape index (κ2) is 10.0. The van der Waals surface area contributed by atoms with Crippen molar-refractivity contribution in [1.82, 2.24) is 0 Å². The number of benzene rings is 3. The van der Waals surface area contributed by atoms with Gasteiger partial charge in [-0.05, 0) is 93.5 Å². The van der Waals surface area contributed by atoms with Crippen molar-refractivity contribution in [2.24, 2.45) is 0 Å². The molecule has 36 heavy (non-hydrogen) atoms. The van der Waals surface area contributed by atoms with E-state index < -0.39 is 29.3 Å². The van der Waals surface area contributed by atoms with E-state index in [-0.39, 0.29) is 0 Å². The Balaban J connectivity index is 1.90. The monoisotopic (exact) mass is 493 g/mol. The largest absolute Gasteiger partial charge is 0.479 e. The van der Waals surface area contributed by atoms with Crippen LogP contribution in [0.2, 0.25) is 0 Å². The van der Waals surface area contributed by atoms with Crippen molar-refractivity contribution < 1.29 is 23.4 Å². The number of carbonyl (C=O) groups is 1. The van der Waals surface area contributed by atoms with E-state index in [1.165, 1.54) is 6.07 Å². The Hall–Kier alpha value is -3.25. The van der Waals surface area contributed by atoms with E-state index in [2.05, 4.69) is 4.90 Å². The first kappa shape index (κ1) is 25.8. The van der Waals surface area contributed by atoms with Crippen LogP contribution in [-0.4, -0.2) is 23.2 Å². The number of nitrogens with zero attached hydrogens (tertiary/aromatic N) is 1. The van der Waals surface area contributed by atoms with Crippen LogP contribution in [0, 0.1) is 25.5 Å². The molecule has 6 heteroatoms. The standard InChI is InChI=1S/C30H33F2NO3/c1-18-8-11-21(12-9-18)27-22-7-6-14-33(17-20-10-13-23(31)24(32)16-20)25(22)15-19(2)26(27)28(29(34)35)36-30(3,4)5/h8-13,15-16,28H,6-7,14,17H2,1-5H3,(H,34,35). The van der Waals surface area contributed by atoms with E-state index in [0.717, 1.165) is 59.0 Å². The molecule has 4 nitrogen and oxygen atoms in total. The van der Waals surface area contributed by atoms with Crippen LogP contribution < -0.4 is 4.90 Å². The number of anilines is 1. The summed E-state index contributed by atoms with van der Waals surface area (Å²) in [6.07, 6.45) is 0.505. The van der Waals surface area contributed by atoms with Gasteiger partial charge in [-0.3, -0.25) is 0 Å². The first-order valence-electron chi connectivity index (χ1n) is 12.3.